The van der Waals surface area contributed by atoms with Crippen molar-refractivity contribution < 1.29 is 4.74 Å². The molecule has 1 aromatic heterocycles. The molecule has 88 valence electrons. The number of aromatic nitrogens is 1. The van der Waals surface area contributed by atoms with Crippen LogP contribution in [0.1, 0.15) is 0 Å². The van der Waals surface area contributed by atoms with Crippen molar-refractivity contribution in [2.75, 3.05) is 13.2 Å². The summed E-state index contributed by atoms with van der Waals surface area (Å²) in [7, 11) is 0. The highest BCUT2D eigenvalue weighted by atomic mass is 35.5. The Morgan fingerprint density at radius 2 is 2.00 bits per heavy atom. The molecule has 0 atom stereocenters. The third-order valence-corrected chi connectivity index (χ3v) is 1.96. The van der Waals surface area contributed by atoms with Crippen LogP contribution in [0.2, 0.25) is 0 Å². The van der Waals surface area contributed by atoms with E-state index in [1.807, 2.05) is 30.3 Å². The molecule has 0 bridgehead atoms. The van der Waals surface area contributed by atoms with Crippen molar-refractivity contribution in [3.63, 3.8) is 0 Å². The summed E-state index contributed by atoms with van der Waals surface area (Å²) in [4.78, 5) is 4.22. The van der Waals surface area contributed by atoms with E-state index in [1.165, 1.54) is 0 Å². The number of hydrogen-bond acceptors (Lipinski definition) is 3. The number of rotatable bonds is 3. The van der Waals surface area contributed by atoms with Crippen LogP contribution in [-0.2, 0) is 0 Å². The van der Waals surface area contributed by atoms with Crippen LogP contribution in [0.5, 0.6) is 5.75 Å². The maximum Gasteiger partial charge on any atom is 0.120 e. The lowest BCUT2D eigenvalue weighted by Crippen LogP contribution is -2.10. The zero-order valence-corrected chi connectivity index (χ0v) is 10.3. The van der Waals surface area contributed by atoms with Crippen molar-refractivity contribution in [1.29, 1.82) is 0 Å². The van der Waals surface area contributed by atoms with Crippen LogP contribution in [0.3, 0.4) is 0 Å². The molecule has 3 nitrogen and oxygen atoms in total. The number of fused-ring (bicyclic) bond motifs is 1. The van der Waals surface area contributed by atoms with Gasteiger partial charge in [0, 0.05) is 18.1 Å². The fourth-order valence-electron chi connectivity index (χ4n) is 1.32. The smallest absolute Gasteiger partial charge is 0.120 e. The van der Waals surface area contributed by atoms with E-state index < -0.39 is 0 Å². The second-order valence-electron chi connectivity index (χ2n) is 3.00. The normalized spacial score (nSPS) is 9.06. The summed E-state index contributed by atoms with van der Waals surface area (Å²) in [5.74, 6) is 0.843. The summed E-state index contributed by atoms with van der Waals surface area (Å²) in [6.07, 6.45) is 1.78. The van der Waals surface area contributed by atoms with Gasteiger partial charge in [0.1, 0.15) is 12.4 Å². The van der Waals surface area contributed by atoms with Gasteiger partial charge in [0.15, 0.2) is 0 Å². The molecule has 0 aliphatic heterocycles. The molecule has 2 aromatic rings. The Morgan fingerprint density at radius 1 is 1.19 bits per heavy atom. The molecule has 0 saturated carbocycles. The van der Waals surface area contributed by atoms with E-state index >= 15 is 0 Å². The Hall–Kier alpha value is -1.03. The second kappa shape index (κ2) is 7.28. The summed E-state index contributed by atoms with van der Waals surface area (Å²) in [6, 6.07) is 9.75. The van der Waals surface area contributed by atoms with Crippen molar-refractivity contribution >= 4 is 35.7 Å². The molecule has 0 aliphatic carbocycles. The minimum Gasteiger partial charge on any atom is -0.492 e. The van der Waals surface area contributed by atoms with Gasteiger partial charge in [0.25, 0.3) is 0 Å². The summed E-state index contributed by atoms with van der Waals surface area (Å²) >= 11 is 0. The number of hydrogen-bond donors (Lipinski definition) is 1. The largest absolute Gasteiger partial charge is 0.492 e. The van der Waals surface area contributed by atoms with E-state index in [1.54, 1.807) is 6.20 Å². The predicted molar refractivity (Wildman–Crippen MR) is 70.8 cm³/mol. The molecule has 5 heteroatoms. The van der Waals surface area contributed by atoms with Gasteiger partial charge in [-0.2, -0.15) is 0 Å². The molecule has 2 N–H and O–H groups in total. The molecular formula is C11H14Cl2N2O. The quantitative estimate of drug-likeness (QED) is 0.922. The standard InChI is InChI=1S/C11H12N2O.2ClH/c12-5-7-14-10-3-4-11-9(8-10)2-1-6-13-11;;/h1-4,6,8H,5,7,12H2;2*1H. The summed E-state index contributed by atoms with van der Waals surface area (Å²) in [5, 5.41) is 1.09. The van der Waals surface area contributed by atoms with Crippen molar-refractivity contribution in [2.45, 2.75) is 0 Å². The fraction of sp³-hybridized carbons (Fsp3) is 0.182. The minimum atomic E-state index is 0. The SMILES string of the molecule is Cl.Cl.NCCOc1ccc2ncccc2c1. The molecule has 0 spiro atoms. The highest BCUT2D eigenvalue weighted by Crippen LogP contribution is 2.18. The number of benzene rings is 1. The lowest BCUT2D eigenvalue weighted by Gasteiger charge is -2.04. The Labute approximate surface area is 107 Å². The molecule has 0 aliphatic rings. The van der Waals surface area contributed by atoms with Crippen LogP contribution in [-0.4, -0.2) is 18.1 Å². The summed E-state index contributed by atoms with van der Waals surface area (Å²) in [6.45, 7) is 1.08. The first-order valence-corrected chi connectivity index (χ1v) is 4.58. The zero-order chi connectivity index (χ0) is 9.80. The van der Waals surface area contributed by atoms with Crippen LogP contribution in [0, 0.1) is 0 Å². The molecule has 0 saturated heterocycles. The van der Waals surface area contributed by atoms with Gasteiger partial charge in [-0.05, 0) is 24.3 Å². The molecule has 2 rings (SSSR count). The molecule has 0 radical (unpaired) electrons. The van der Waals surface area contributed by atoms with Gasteiger partial charge in [0.2, 0.25) is 0 Å². The molecule has 0 unspecified atom stereocenters. The highest BCUT2D eigenvalue weighted by Gasteiger charge is 1.96. The summed E-state index contributed by atoms with van der Waals surface area (Å²) < 4.78 is 5.41. The average Bonchev–Trinajstić information content (AvgIpc) is 2.26. The Balaban J connectivity index is 0.00000112. The van der Waals surface area contributed by atoms with E-state index in [4.69, 9.17) is 10.5 Å². The molecule has 1 heterocycles. The van der Waals surface area contributed by atoms with E-state index in [0.717, 1.165) is 16.7 Å². The first kappa shape index (κ1) is 15.0. The predicted octanol–water partition coefficient (Wildman–Crippen LogP) is 2.42. The van der Waals surface area contributed by atoms with Gasteiger partial charge in [0.05, 0.1) is 5.52 Å². The number of nitrogens with zero attached hydrogens (tertiary/aromatic N) is 1. The molecule has 0 amide bonds. The third kappa shape index (κ3) is 3.52. The lowest BCUT2D eigenvalue weighted by atomic mass is 10.2. The van der Waals surface area contributed by atoms with Gasteiger partial charge in [-0.1, -0.05) is 6.07 Å². The van der Waals surface area contributed by atoms with E-state index in [0.29, 0.717) is 13.2 Å². The maximum atomic E-state index is 5.41. The Kier molecular flexibility index (Phi) is 6.81. The fourth-order valence-corrected chi connectivity index (χ4v) is 1.32. The minimum absolute atomic E-state index is 0. The van der Waals surface area contributed by atoms with Crippen LogP contribution in [0.15, 0.2) is 36.5 Å². The number of pyridine rings is 1. The first-order chi connectivity index (χ1) is 6.90. The zero-order valence-electron chi connectivity index (χ0n) is 8.63. The van der Waals surface area contributed by atoms with Gasteiger partial charge in [-0.15, -0.1) is 24.8 Å². The molecule has 1 aromatic carbocycles. The van der Waals surface area contributed by atoms with Crippen LogP contribution in [0.25, 0.3) is 10.9 Å². The van der Waals surface area contributed by atoms with Gasteiger partial charge in [-0.3, -0.25) is 4.98 Å². The lowest BCUT2D eigenvalue weighted by molar-refractivity contribution is 0.329. The average molecular weight is 261 g/mol. The van der Waals surface area contributed by atoms with Crippen molar-refractivity contribution in [3.8, 4) is 5.75 Å². The number of nitrogens with two attached hydrogens (primary N) is 1. The maximum absolute atomic E-state index is 5.41. The third-order valence-electron chi connectivity index (χ3n) is 1.96. The van der Waals surface area contributed by atoms with Gasteiger partial charge >= 0.3 is 0 Å². The topological polar surface area (TPSA) is 48.1 Å². The molecule has 0 fully saturated rings. The van der Waals surface area contributed by atoms with Gasteiger partial charge in [-0.25, -0.2) is 0 Å². The van der Waals surface area contributed by atoms with E-state index in [9.17, 15) is 0 Å². The van der Waals surface area contributed by atoms with Gasteiger partial charge < -0.3 is 10.5 Å². The Morgan fingerprint density at radius 3 is 2.75 bits per heavy atom. The van der Waals surface area contributed by atoms with Crippen molar-refractivity contribution in [1.82, 2.24) is 4.98 Å². The molecular weight excluding hydrogens is 247 g/mol. The number of ether oxygens (including phenoxy) is 1. The highest BCUT2D eigenvalue weighted by molar-refractivity contribution is 5.85. The molecule has 16 heavy (non-hydrogen) atoms. The monoisotopic (exact) mass is 260 g/mol. The van der Waals surface area contributed by atoms with Crippen LogP contribution in [0.4, 0.5) is 0 Å². The van der Waals surface area contributed by atoms with Crippen molar-refractivity contribution in [3.05, 3.63) is 36.5 Å². The second-order valence-corrected chi connectivity index (χ2v) is 3.00. The van der Waals surface area contributed by atoms with E-state index in [-0.39, 0.29) is 24.8 Å². The first-order valence-electron chi connectivity index (χ1n) is 4.58. The van der Waals surface area contributed by atoms with Crippen LogP contribution < -0.4 is 10.5 Å². The van der Waals surface area contributed by atoms with Crippen LogP contribution >= 0.6 is 24.8 Å². The van der Waals surface area contributed by atoms with E-state index in [2.05, 4.69) is 4.98 Å². The van der Waals surface area contributed by atoms with Crippen molar-refractivity contribution in [2.24, 2.45) is 5.73 Å². The summed E-state index contributed by atoms with van der Waals surface area (Å²) in [5.41, 5.74) is 6.33. The Bertz CT molecular complexity index is 437. The number of halogens is 2.